The highest BCUT2D eigenvalue weighted by Gasteiger charge is 2.55. The van der Waals surface area contributed by atoms with Crippen molar-refractivity contribution in [3.05, 3.63) is 65.5 Å². The quantitative estimate of drug-likeness (QED) is 0.609. The van der Waals surface area contributed by atoms with Crippen LogP contribution in [0.2, 0.25) is 0 Å². The SMILES string of the molecule is COc1cccc(C(=O)N2CCC3(CC2)OC[C@@H](C(=O)N2CCN(C)CC2)N3C(=O)c2cccc(F)c2)c1. The zero-order chi connectivity index (χ0) is 26.9. The van der Waals surface area contributed by atoms with Gasteiger partial charge in [-0.2, -0.15) is 0 Å². The van der Waals surface area contributed by atoms with Crippen LogP contribution in [-0.2, 0) is 9.53 Å². The number of amides is 3. The molecule has 1 atom stereocenters. The van der Waals surface area contributed by atoms with Gasteiger partial charge in [-0.1, -0.05) is 12.1 Å². The minimum Gasteiger partial charge on any atom is -0.497 e. The second-order valence-electron chi connectivity index (χ2n) is 10.1. The number of likely N-dealkylation sites (N-methyl/N-ethyl adjacent to an activating group) is 1. The molecule has 0 N–H and O–H groups in total. The fourth-order valence-corrected chi connectivity index (χ4v) is 5.55. The first kappa shape index (κ1) is 26.1. The summed E-state index contributed by atoms with van der Waals surface area (Å²) in [5.74, 6) is -0.660. The molecule has 1 spiro atoms. The molecule has 3 heterocycles. The molecule has 2 aromatic carbocycles. The van der Waals surface area contributed by atoms with Crippen molar-refractivity contribution >= 4 is 17.7 Å². The average molecular weight is 525 g/mol. The standard InChI is InChI=1S/C28H33FN4O5/c1-30-13-15-32(16-14-30)27(36)24-19-38-28(33(24)26(35)20-5-3-7-22(29)17-20)9-11-31(12-10-28)25(34)21-6-4-8-23(18-21)37-2/h3-8,17-18,24H,9-16,19H2,1-2H3/t24-/m0/s1. The van der Waals surface area contributed by atoms with Gasteiger partial charge in [0, 0.05) is 63.2 Å². The molecule has 3 amide bonds. The van der Waals surface area contributed by atoms with Crippen LogP contribution in [0, 0.1) is 5.82 Å². The number of nitrogens with zero attached hydrogens (tertiary/aromatic N) is 4. The maximum absolute atomic E-state index is 14.1. The fourth-order valence-electron chi connectivity index (χ4n) is 5.55. The Morgan fingerprint density at radius 2 is 1.55 bits per heavy atom. The van der Waals surface area contributed by atoms with Crippen LogP contribution in [0.1, 0.15) is 33.6 Å². The number of benzene rings is 2. The van der Waals surface area contributed by atoms with Gasteiger partial charge in [0.25, 0.3) is 11.8 Å². The van der Waals surface area contributed by atoms with Gasteiger partial charge >= 0.3 is 0 Å². The number of ether oxygens (including phenoxy) is 2. The van der Waals surface area contributed by atoms with E-state index in [0.29, 0.717) is 50.3 Å². The monoisotopic (exact) mass is 524 g/mol. The van der Waals surface area contributed by atoms with Crippen LogP contribution in [0.15, 0.2) is 48.5 Å². The number of hydrogen-bond donors (Lipinski definition) is 0. The molecule has 5 rings (SSSR count). The van der Waals surface area contributed by atoms with Crippen LogP contribution in [0.3, 0.4) is 0 Å². The highest BCUT2D eigenvalue weighted by Crippen LogP contribution is 2.39. The molecule has 3 fully saturated rings. The maximum atomic E-state index is 14.1. The smallest absolute Gasteiger partial charge is 0.256 e. The first-order chi connectivity index (χ1) is 18.3. The molecule has 202 valence electrons. The van der Waals surface area contributed by atoms with Crippen LogP contribution >= 0.6 is 0 Å². The van der Waals surface area contributed by atoms with Crippen LogP contribution in [-0.4, -0.2) is 109 Å². The number of piperidine rings is 1. The zero-order valence-corrected chi connectivity index (χ0v) is 21.8. The second kappa shape index (κ2) is 10.7. The summed E-state index contributed by atoms with van der Waals surface area (Å²) in [6.45, 7) is 3.41. The molecule has 10 heteroatoms. The summed E-state index contributed by atoms with van der Waals surface area (Å²) in [5, 5.41) is 0. The van der Waals surface area contributed by atoms with E-state index < -0.39 is 23.5 Å². The van der Waals surface area contributed by atoms with E-state index >= 15 is 0 Å². The van der Waals surface area contributed by atoms with Crippen LogP contribution in [0.4, 0.5) is 4.39 Å². The third-order valence-corrected chi connectivity index (χ3v) is 7.80. The van der Waals surface area contributed by atoms with Gasteiger partial charge in [0.15, 0.2) is 0 Å². The number of likely N-dealkylation sites (tertiary alicyclic amines) is 1. The van der Waals surface area contributed by atoms with Gasteiger partial charge in [0.2, 0.25) is 5.91 Å². The van der Waals surface area contributed by atoms with Crippen molar-refractivity contribution in [3.8, 4) is 5.75 Å². The summed E-state index contributed by atoms with van der Waals surface area (Å²) in [4.78, 5) is 47.9. The lowest BCUT2D eigenvalue weighted by atomic mass is 9.96. The Morgan fingerprint density at radius 3 is 2.21 bits per heavy atom. The van der Waals surface area contributed by atoms with Gasteiger partial charge in [0.05, 0.1) is 13.7 Å². The summed E-state index contributed by atoms with van der Waals surface area (Å²) in [6.07, 6.45) is 0.687. The highest BCUT2D eigenvalue weighted by molar-refractivity contribution is 5.98. The predicted molar refractivity (Wildman–Crippen MR) is 137 cm³/mol. The summed E-state index contributed by atoms with van der Waals surface area (Å²) < 4.78 is 25.6. The van der Waals surface area contributed by atoms with Crippen LogP contribution in [0.5, 0.6) is 5.75 Å². The van der Waals surface area contributed by atoms with E-state index in [1.54, 1.807) is 47.2 Å². The average Bonchev–Trinajstić information content (AvgIpc) is 3.31. The Labute approximate surface area is 221 Å². The molecule has 0 unspecified atom stereocenters. The Kier molecular flexibility index (Phi) is 7.36. The number of carbonyl (C=O) groups is 3. The van der Waals surface area contributed by atoms with Crippen molar-refractivity contribution < 1.29 is 28.2 Å². The topological polar surface area (TPSA) is 82.6 Å². The summed E-state index contributed by atoms with van der Waals surface area (Å²) in [6, 6.07) is 11.7. The first-order valence-corrected chi connectivity index (χ1v) is 13.0. The van der Waals surface area contributed by atoms with E-state index in [4.69, 9.17) is 9.47 Å². The lowest BCUT2D eigenvalue weighted by Crippen LogP contribution is -2.61. The molecular formula is C28H33FN4O5. The van der Waals surface area contributed by atoms with Crippen LogP contribution < -0.4 is 4.74 Å². The van der Waals surface area contributed by atoms with Gasteiger partial charge in [-0.25, -0.2) is 4.39 Å². The van der Waals surface area contributed by atoms with E-state index in [-0.39, 0.29) is 24.0 Å². The maximum Gasteiger partial charge on any atom is 0.256 e. The molecule has 0 aliphatic carbocycles. The lowest BCUT2D eigenvalue weighted by molar-refractivity contribution is -0.139. The molecule has 3 saturated heterocycles. The van der Waals surface area contributed by atoms with E-state index in [1.165, 1.54) is 23.1 Å². The predicted octanol–water partition coefficient (Wildman–Crippen LogP) is 2.08. The van der Waals surface area contributed by atoms with E-state index in [9.17, 15) is 18.8 Å². The van der Waals surface area contributed by atoms with E-state index in [0.717, 1.165) is 13.1 Å². The normalized spacial score (nSPS) is 21.6. The Bertz CT molecular complexity index is 1210. The lowest BCUT2D eigenvalue weighted by Gasteiger charge is -2.45. The number of piperazine rings is 1. The molecule has 3 aliphatic heterocycles. The number of methoxy groups -OCH3 is 1. The molecule has 2 aromatic rings. The van der Waals surface area contributed by atoms with Crippen LogP contribution in [0.25, 0.3) is 0 Å². The van der Waals surface area contributed by atoms with E-state index in [1.807, 2.05) is 7.05 Å². The minimum atomic E-state index is -1.05. The molecule has 0 radical (unpaired) electrons. The number of carbonyl (C=O) groups excluding carboxylic acids is 3. The van der Waals surface area contributed by atoms with E-state index in [2.05, 4.69) is 4.90 Å². The summed E-state index contributed by atoms with van der Waals surface area (Å²) in [5.41, 5.74) is -0.369. The summed E-state index contributed by atoms with van der Waals surface area (Å²) >= 11 is 0. The van der Waals surface area contributed by atoms with Gasteiger partial charge in [-0.15, -0.1) is 0 Å². The molecule has 9 nitrogen and oxygen atoms in total. The third kappa shape index (κ3) is 4.98. The van der Waals surface area contributed by atoms with Gasteiger partial charge in [-0.3, -0.25) is 19.3 Å². The van der Waals surface area contributed by atoms with Crippen molar-refractivity contribution in [2.75, 3.05) is 60.0 Å². The first-order valence-electron chi connectivity index (χ1n) is 13.0. The molecule has 0 bridgehead atoms. The molecular weight excluding hydrogens is 491 g/mol. The third-order valence-electron chi connectivity index (χ3n) is 7.80. The van der Waals surface area contributed by atoms with Gasteiger partial charge in [-0.05, 0) is 43.4 Å². The Balaban J connectivity index is 1.38. The minimum absolute atomic E-state index is 0.0655. The van der Waals surface area contributed by atoms with Crippen molar-refractivity contribution in [2.24, 2.45) is 0 Å². The fraction of sp³-hybridized carbons (Fsp3) is 0.464. The molecule has 0 aromatic heterocycles. The number of hydrogen-bond acceptors (Lipinski definition) is 6. The largest absolute Gasteiger partial charge is 0.497 e. The van der Waals surface area contributed by atoms with Gasteiger partial charge in [0.1, 0.15) is 23.3 Å². The van der Waals surface area contributed by atoms with Gasteiger partial charge < -0.3 is 24.2 Å². The molecule has 0 saturated carbocycles. The Hall–Kier alpha value is -3.50. The summed E-state index contributed by atoms with van der Waals surface area (Å²) in [7, 11) is 3.56. The van der Waals surface area contributed by atoms with Crippen molar-refractivity contribution in [3.63, 3.8) is 0 Å². The highest BCUT2D eigenvalue weighted by atomic mass is 19.1. The molecule has 3 aliphatic rings. The van der Waals surface area contributed by atoms with Crippen molar-refractivity contribution in [1.29, 1.82) is 0 Å². The number of rotatable bonds is 4. The van der Waals surface area contributed by atoms with Crippen molar-refractivity contribution in [2.45, 2.75) is 24.6 Å². The molecule has 38 heavy (non-hydrogen) atoms. The Morgan fingerprint density at radius 1 is 0.895 bits per heavy atom. The second-order valence-corrected chi connectivity index (χ2v) is 10.1. The van der Waals surface area contributed by atoms with Crippen molar-refractivity contribution in [1.82, 2.24) is 19.6 Å². The zero-order valence-electron chi connectivity index (χ0n) is 21.8. The number of halogens is 1.